The van der Waals surface area contributed by atoms with E-state index in [1.54, 1.807) is 19.3 Å². The Morgan fingerprint density at radius 1 is 1.30 bits per heavy atom. The summed E-state index contributed by atoms with van der Waals surface area (Å²) >= 11 is 6.16. The Labute approximate surface area is 180 Å². The van der Waals surface area contributed by atoms with Crippen LogP contribution in [-0.2, 0) is 34.8 Å². The van der Waals surface area contributed by atoms with Crippen molar-refractivity contribution in [2.24, 2.45) is 7.05 Å². The molecule has 4 rings (SSSR count). The summed E-state index contributed by atoms with van der Waals surface area (Å²) in [6.45, 7) is 0.912. The van der Waals surface area contributed by atoms with Crippen molar-refractivity contribution in [3.05, 3.63) is 40.7 Å². The van der Waals surface area contributed by atoms with Gasteiger partial charge in [0, 0.05) is 37.2 Å². The summed E-state index contributed by atoms with van der Waals surface area (Å²) < 4.78 is 36.6. The number of fused-ring (bicyclic) bond motifs is 1. The number of carbonyl (C=O) groups is 1. The van der Waals surface area contributed by atoms with E-state index in [2.05, 4.69) is 15.1 Å². The number of hydrogen-bond donors (Lipinski definition) is 2. The number of nitrogens with one attached hydrogen (secondary N) is 2. The molecule has 0 radical (unpaired) electrons. The quantitative estimate of drug-likeness (QED) is 0.723. The van der Waals surface area contributed by atoms with Gasteiger partial charge in [0.05, 0.1) is 17.9 Å². The number of anilines is 2. The fraction of sp³-hybridized carbons (Fsp3) is 0.474. The van der Waals surface area contributed by atoms with E-state index in [1.807, 2.05) is 6.07 Å². The molecule has 9 nitrogen and oxygen atoms in total. The van der Waals surface area contributed by atoms with E-state index in [4.69, 9.17) is 16.3 Å². The Morgan fingerprint density at radius 2 is 2.07 bits per heavy atom. The molecule has 2 aromatic rings. The lowest BCUT2D eigenvalue weighted by molar-refractivity contribution is 0.0875. The van der Waals surface area contributed by atoms with Gasteiger partial charge in [-0.25, -0.2) is 13.8 Å². The van der Waals surface area contributed by atoms with E-state index in [9.17, 15) is 13.2 Å². The van der Waals surface area contributed by atoms with E-state index in [1.165, 1.54) is 15.2 Å². The van der Waals surface area contributed by atoms with Crippen LogP contribution >= 0.6 is 11.6 Å². The summed E-state index contributed by atoms with van der Waals surface area (Å²) in [5.41, 5.74) is 3.02. The van der Waals surface area contributed by atoms with Gasteiger partial charge in [0.1, 0.15) is 0 Å². The van der Waals surface area contributed by atoms with Gasteiger partial charge >= 0.3 is 16.2 Å². The number of carbonyl (C=O) groups excluding carboxylic acids is 1. The average molecular weight is 454 g/mol. The smallest absolute Gasteiger partial charge is 0.334 e. The summed E-state index contributed by atoms with van der Waals surface area (Å²) in [5.74, 6) is 0. The monoisotopic (exact) mass is 453 g/mol. The summed E-state index contributed by atoms with van der Waals surface area (Å²) in [7, 11) is -2.47. The van der Waals surface area contributed by atoms with Crippen LogP contribution in [0.2, 0.25) is 5.02 Å². The molecule has 1 aliphatic heterocycles. The summed E-state index contributed by atoms with van der Waals surface area (Å²) in [6, 6.07) is 2.38. The van der Waals surface area contributed by atoms with Gasteiger partial charge in [-0.05, 0) is 55.4 Å². The van der Waals surface area contributed by atoms with Crippen LogP contribution in [0.15, 0.2) is 24.5 Å². The van der Waals surface area contributed by atoms with Crippen molar-refractivity contribution < 1.29 is 17.9 Å². The maximum absolute atomic E-state index is 13.2. The maximum atomic E-state index is 13.2. The van der Waals surface area contributed by atoms with Gasteiger partial charge in [-0.3, -0.25) is 4.68 Å². The van der Waals surface area contributed by atoms with Crippen molar-refractivity contribution in [3.8, 4) is 0 Å². The Hall–Kier alpha value is -2.30. The fourth-order valence-electron chi connectivity index (χ4n) is 4.08. The SMILES string of the molecule is Cn1cc(N(C2CCOCC2)S(=O)(=O)NC(=O)Nc2cc(Cl)cc3c2CCC3)cn1. The van der Waals surface area contributed by atoms with Crippen LogP contribution in [-0.4, -0.2) is 43.5 Å². The number of hydrogen-bond acceptors (Lipinski definition) is 5. The average Bonchev–Trinajstić information content (AvgIpc) is 3.31. The van der Waals surface area contributed by atoms with Crippen molar-refractivity contribution in [2.75, 3.05) is 22.8 Å². The van der Waals surface area contributed by atoms with E-state index in [0.29, 0.717) is 42.5 Å². The van der Waals surface area contributed by atoms with Gasteiger partial charge in [0.2, 0.25) is 0 Å². The molecule has 2 aliphatic rings. The molecule has 2 amide bonds. The number of ether oxygens (including phenoxy) is 1. The first kappa shape index (κ1) is 21.0. The van der Waals surface area contributed by atoms with Crippen LogP contribution in [0.25, 0.3) is 0 Å². The second-order valence-corrected chi connectivity index (χ2v) is 9.50. The predicted molar refractivity (Wildman–Crippen MR) is 114 cm³/mol. The molecule has 0 bridgehead atoms. The molecule has 1 saturated heterocycles. The molecule has 0 saturated carbocycles. The van der Waals surface area contributed by atoms with Crippen molar-refractivity contribution >= 4 is 39.2 Å². The number of urea groups is 1. The van der Waals surface area contributed by atoms with Gasteiger partial charge in [0.15, 0.2) is 0 Å². The molecular formula is C19H24ClN5O4S. The molecule has 30 heavy (non-hydrogen) atoms. The lowest BCUT2D eigenvalue weighted by Gasteiger charge is -2.33. The van der Waals surface area contributed by atoms with Gasteiger partial charge in [-0.1, -0.05) is 11.6 Å². The van der Waals surface area contributed by atoms with Crippen molar-refractivity contribution in [1.82, 2.24) is 14.5 Å². The number of halogens is 1. The van der Waals surface area contributed by atoms with Gasteiger partial charge in [0.25, 0.3) is 0 Å². The van der Waals surface area contributed by atoms with Crippen LogP contribution in [0.4, 0.5) is 16.2 Å². The van der Waals surface area contributed by atoms with Crippen LogP contribution in [0.3, 0.4) is 0 Å². The van der Waals surface area contributed by atoms with Gasteiger partial charge in [-0.2, -0.15) is 13.5 Å². The Balaban J connectivity index is 1.56. The first-order chi connectivity index (χ1) is 14.3. The molecule has 1 aliphatic carbocycles. The highest BCUT2D eigenvalue weighted by molar-refractivity contribution is 7.91. The third kappa shape index (κ3) is 4.40. The topological polar surface area (TPSA) is 106 Å². The Morgan fingerprint density at radius 3 is 2.77 bits per heavy atom. The minimum absolute atomic E-state index is 0.330. The van der Waals surface area contributed by atoms with E-state index in [-0.39, 0.29) is 6.04 Å². The molecule has 11 heteroatoms. The first-order valence-corrected chi connectivity index (χ1v) is 11.7. The summed E-state index contributed by atoms with van der Waals surface area (Å²) in [6.07, 6.45) is 6.82. The maximum Gasteiger partial charge on any atom is 0.334 e. The van der Waals surface area contributed by atoms with Crippen LogP contribution in [0, 0.1) is 0 Å². The van der Waals surface area contributed by atoms with Crippen LogP contribution in [0.5, 0.6) is 0 Å². The zero-order chi connectivity index (χ0) is 21.3. The third-order valence-corrected chi connectivity index (χ3v) is 7.07. The van der Waals surface area contributed by atoms with Crippen LogP contribution < -0.4 is 14.3 Å². The second-order valence-electron chi connectivity index (χ2n) is 7.52. The Kier molecular flexibility index (Phi) is 5.90. The van der Waals surface area contributed by atoms with Crippen molar-refractivity contribution in [2.45, 2.75) is 38.1 Å². The zero-order valence-electron chi connectivity index (χ0n) is 16.6. The van der Waals surface area contributed by atoms with E-state index >= 15 is 0 Å². The van der Waals surface area contributed by atoms with Gasteiger partial charge in [-0.15, -0.1) is 0 Å². The van der Waals surface area contributed by atoms with E-state index in [0.717, 1.165) is 30.4 Å². The van der Waals surface area contributed by atoms with Crippen molar-refractivity contribution in [3.63, 3.8) is 0 Å². The third-order valence-electron chi connectivity index (χ3n) is 5.38. The summed E-state index contributed by atoms with van der Waals surface area (Å²) in [4.78, 5) is 12.6. The second kappa shape index (κ2) is 8.44. The predicted octanol–water partition coefficient (Wildman–Crippen LogP) is 2.61. The molecule has 162 valence electrons. The molecule has 0 unspecified atom stereocenters. The molecule has 2 heterocycles. The molecular weight excluding hydrogens is 430 g/mol. The highest BCUT2D eigenvalue weighted by Gasteiger charge is 2.34. The molecule has 2 N–H and O–H groups in total. The highest BCUT2D eigenvalue weighted by Crippen LogP contribution is 2.32. The fourth-order valence-corrected chi connectivity index (χ4v) is 5.68. The number of amides is 2. The van der Waals surface area contributed by atoms with Crippen molar-refractivity contribution in [1.29, 1.82) is 0 Å². The van der Waals surface area contributed by atoms with Crippen LogP contribution in [0.1, 0.15) is 30.4 Å². The zero-order valence-corrected chi connectivity index (χ0v) is 18.2. The number of rotatable bonds is 5. The molecule has 1 aromatic carbocycles. The number of benzene rings is 1. The van der Waals surface area contributed by atoms with E-state index < -0.39 is 16.2 Å². The number of aromatic nitrogens is 2. The number of nitrogens with zero attached hydrogens (tertiary/aromatic N) is 3. The molecule has 1 fully saturated rings. The Bertz CT molecular complexity index is 1050. The lowest BCUT2D eigenvalue weighted by atomic mass is 10.1. The van der Waals surface area contributed by atoms with Gasteiger partial charge < -0.3 is 10.1 Å². The molecule has 1 aromatic heterocycles. The standard InChI is InChI=1S/C19H24ClN5O4S/c1-24-12-16(11-21-24)25(15-5-7-29-8-6-15)30(27,28)23-19(26)22-18-10-14(20)9-13-3-2-4-17(13)18/h9-12,15H,2-8H2,1H3,(H2,22,23,26). The largest absolute Gasteiger partial charge is 0.381 e. The minimum atomic E-state index is -4.18. The summed E-state index contributed by atoms with van der Waals surface area (Å²) in [5, 5.41) is 7.25. The lowest BCUT2D eigenvalue weighted by Crippen LogP contribution is -2.51. The molecule has 0 atom stereocenters. The normalized spacial score (nSPS) is 16.9. The molecule has 0 spiro atoms. The minimum Gasteiger partial charge on any atom is -0.381 e. The number of aryl methyl sites for hydroxylation is 2. The first-order valence-electron chi connectivity index (χ1n) is 9.84. The highest BCUT2D eigenvalue weighted by atomic mass is 35.5.